The quantitative estimate of drug-likeness (QED) is 0.775. The van der Waals surface area contributed by atoms with E-state index in [-0.39, 0.29) is 23.3 Å². The Kier molecular flexibility index (Phi) is 5.33. The first-order chi connectivity index (χ1) is 12.3. The SMILES string of the molecule is CC(C)C(=O)Nc1ccc(S(=O)(=O)NCc2cc(C3CC3)ncn2)cc1. The largest absolute Gasteiger partial charge is 0.326 e. The second-order valence-corrected chi connectivity index (χ2v) is 8.47. The maximum atomic E-state index is 12.4. The van der Waals surface area contributed by atoms with Crippen molar-refractivity contribution in [2.45, 2.75) is 44.0 Å². The van der Waals surface area contributed by atoms with Gasteiger partial charge in [-0.05, 0) is 43.2 Å². The summed E-state index contributed by atoms with van der Waals surface area (Å²) in [5.74, 6) is 0.226. The van der Waals surface area contributed by atoms with Crippen molar-refractivity contribution < 1.29 is 13.2 Å². The van der Waals surface area contributed by atoms with Crippen LogP contribution in [0.4, 0.5) is 5.69 Å². The molecule has 1 aliphatic carbocycles. The monoisotopic (exact) mass is 374 g/mol. The lowest BCUT2D eigenvalue weighted by atomic mass is 10.2. The van der Waals surface area contributed by atoms with E-state index >= 15 is 0 Å². The highest BCUT2D eigenvalue weighted by Gasteiger charge is 2.25. The summed E-state index contributed by atoms with van der Waals surface area (Å²) in [7, 11) is -3.66. The van der Waals surface area contributed by atoms with Gasteiger partial charge in [-0.25, -0.2) is 23.1 Å². The minimum atomic E-state index is -3.66. The maximum absolute atomic E-state index is 12.4. The molecule has 0 unspecified atom stereocenters. The van der Waals surface area contributed by atoms with Gasteiger partial charge in [-0.2, -0.15) is 0 Å². The van der Waals surface area contributed by atoms with Gasteiger partial charge in [-0.15, -0.1) is 0 Å². The van der Waals surface area contributed by atoms with Crippen LogP contribution in [-0.4, -0.2) is 24.3 Å². The van der Waals surface area contributed by atoms with Crippen LogP contribution >= 0.6 is 0 Å². The summed E-state index contributed by atoms with van der Waals surface area (Å²) in [6.45, 7) is 3.69. The number of benzene rings is 1. The molecule has 0 aliphatic heterocycles. The molecule has 138 valence electrons. The normalized spacial score (nSPS) is 14.4. The third kappa shape index (κ3) is 4.64. The van der Waals surface area contributed by atoms with Crippen molar-refractivity contribution in [1.29, 1.82) is 0 Å². The second-order valence-electron chi connectivity index (χ2n) is 6.70. The average molecular weight is 374 g/mol. The number of carbonyl (C=O) groups excluding carboxylic acids is 1. The lowest BCUT2D eigenvalue weighted by molar-refractivity contribution is -0.118. The number of rotatable bonds is 7. The topological polar surface area (TPSA) is 101 Å². The smallest absolute Gasteiger partial charge is 0.240 e. The third-order valence-electron chi connectivity index (χ3n) is 4.14. The number of amides is 1. The van der Waals surface area contributed by atoms with Crippen LogP contribution in [0.15, 0.2) is 41.6 Å². The molecule has 1 heterocycles. The van der Waals surface area contributed by atoms with Crippen LogP contribution in [0.1, 0.15) is 44.0 Å². The van der Waals surface area contributed by atoms with Crippen molar-refractivity contribution in [3.8, 4) is 0 Å². The van der Waals surface area contributed by atoms with Crippen molar-refractivity contribution in [2.24, 2.45) is 5.92 Å². The highest BCUT2D eigenvalue weighted by atomic mass is 32.2. The highest BCUT2D eigenvalue weighted by Crippen LogP contribution is 2.38. The van der Waals surface area contributed by atoms with E-state index in [1.807, 2.05) is 6.07 Å². The zero-order valence-corrected chi connectivity index (χ0v) is 15.6. The van der Waals surface area contributed by atoms with E-state index in [1.54, 1.807) is 26.0 Å². The number of hydrogen-bond acceptors (Lipinski definition) is 5. The van der Waals surface area contributed by atoms with Gasteiger partial charge in [0.25, 0.3) is 0 Å². The molecule has 1 amide bonds. The molecular weight excluding hydrogens is 352 g/mol. The average Bonchev–Trinajstić information content (AvgIpc) is 3.46. The van der Waals surface area contributed by atoms with Gasteiger partial charge in [0, 0.05) is 23.2 Å². The molecule has 2 aromatic rings. The van der Waals surface area contributed by atoms with Gasteiger partial charge in [0.05, 0.1) is 17.1 Å². The highest BCUT2D eigenvalue weighted by molar-refractivity contribution is 7.89. The van der Waals surface area contributed by atoms with E-state index in [4.69, 9.17) is 0 Å². The summed E-state index contributed by atoms with van der Waals surface area (Å²) in [4.78, 5) is 20.2. The van der Waals surface area contributed by atoms with Crippen LogP contribution in [0.2, 0.25) is 0 Å². The van der Waals surface area contributed by atoms with Gasteiger partial charge in [-0.1, -0.05) is 13.8 Å². The number of nitrogens with zero attached hydrogens (tertiary/aromatic N) is 2. The zero-order valence-electron chi connectivity index (χ0n) is 14.8. The van der Waals surface area contributed by atoms with Crippen LogP contribution in [0.5, 0.6) is 0 Å². The molecule has 1 aromatic carbocycles. The molecule has 0 saturated heterocycles. The number of hydrogen-bond donors (Lipinski definition) is 2. The molecule has 1 fully saturated rings. The first kappa shape index (κ1) is 18.5. The fraction of sp³-hybridized carbons (Fsp3) is 0.389. The third-order valence-corrected chi connectivity index (χ3v) is 5.56. The van der Waals surface area contributed by atoms with E-state index in [1.165, 1.54) is 18.5 Å². The molecule has 8 heteroatoms. The Morgan fingerprint density at radius 1 is 1.19 bits per heavy atom. The fourth-order valence-corrected chi connectivity index (χ4v) is 3.37. The molecule has 3 rings (SSSR count). The Balaban J connectivity index is 1.64. The summed E-state index contributed by atoms with van der Waals surface area (Å²) in [5.41, 5.74) is 2.18. The Labute approximate surface area is 153 Å². The van der Waals surface area contributed by atoms with Crippen molar-refractivity contribution in [2.75, 3.05) is 5.32 Å². The van der Waals surface area contributed by atoms with Gasteiger partial charge in [0.1, 0.15) is 6.33 Å². The Morgan fingerprint density at radius 3 is 2.50 bits per heavy atom. The van der Waals surface area contributed by atoms with Crippen LogP contribution in [0, 0.1) is 5.92 Å². The molecule has 1 saturated carbocycles. The van der Waals surface area contributed by atoms with E-state index in [9.17, 15) is 13.2 Å². The minimum absolute atomic E-state index is 0.108. The molecule has 7 nitrogen and oxygen atoms in total. The number of carbonyl (C=O) groups is 1. The van der Waals surface area contributed by atoms with Gasteiger partial charge in [0.2, 0.25) is 15.9 Å². The lowest BCUT2D eigenvalue weighted by Gasteiger charge is -2.10. The number of anilines is 1. The summed E-state index contributed by atoms with van der Waals surface area (Å²) >= 11 is 0. The first-order valence-corrected chi connectivity index (χ1v) is 10.0. The van der Waals surface area contributed by atoms with Gasteiger partial charge >= 0.3 is 0 Å². The van der Waals surface area contributed by atoms with Crippen molar-refractivity contribution >= 4 is 21.6 Å². The van der Waals surface area contributed by atoms with Gasteiger partial charge in [-0.3, -0.25) is 4.79 Å². The molecule has 1 aromatic heterocycles. The van der Waals surface area contributed by atoms with Crippen LogP contribution in [0.25, 0.3) is 0 Å². The summed E-state index contributed by atoms with van der Waals surface area (Å²) < 4.78 is 27.4. The summed E-state index contributed by atoms with van der Waals surface area (Å²) in [5, 5.41) is 2.73. The fourth-order valence-electron chi connectivity index (χ4n) is 2.37. The van der Waals surface area contributed by atoms with Crippen LogP contribution in [0.3, 0.4) is 0 Å². The maximum Gasteiger partial charge on any atom is 0.240 e. The molecule has 1 aliphatic rings. The first-order valence-electron chi connectivity index (χ1n) is 8.56. The zero-order chi connectivity index (χ0) is 18.7. The van der Waals surface area contributed by atoms with E-state index in [2.05, 4.69) is 20.0 Å². The van der Waals surface area contributed by atoms with E-state index in [0.717, 1.165) is 18.5 Å². The Bertz CT molecular complexity index is 891. The summed E-state index contributed by atoms with van der Waals surface area (Å²) in [6, 6.07) is 7.93. The predicted octanol–water partition coefficient (Wildman–Crippen LogP) is 2.43. The number of nitrogens with one attached hydrogen (secondary N) is 2. The second kappa shape index (κ2) is 7.51. The van der Waals surface area contributed by atoms with Crippen molar-refractivity contribution in [1.82, 2.24) is 14.7 Å². The molecule has 0 bridgehead atoms. The molecule has 0 spiro atoms. The van der Waals surface area contributed by atoms with Gasteiger partial charge in [0.15, 0.2) is 0 Å². The number of sulfonamides is 1. The molecule has 0 atom stereocenters. The van der Waals surface area contributed by atoms with Crippen LogP contribution in [-0.2, 0) is 21.4 Å². The Morgan fingerprint density at radius 2 is 1.88 bits per heavy atom. The lowest BCUT2D eigenvalue weighted by Crippen LogP contribution is -2.24. The molecule has 2 N–H and O–H groups in total. The molecular formula is C18H22N4O3S. The van der Waals surface area contributed by atoms with Crippen LogP contribution < -0.4 is 10.0 Å². The minimum Gasteiger partial charge on any atom is -0.326 e. The summed E-state index contributed by atoms with van der Waals surface area (Å²) in [6.07, 6.45) is 3.73. The van der Waals surface area contributed by atoms with E-state index < -0.39 is 10.0 Å². The Hall–Kier alpha value is -2.32. The standard InChI is InChI=1S/C18H22N4O3S/c1-12(2)18(23)22-14-5-7-16(8-6-14)26(24,25)21-10-15-9-17(13-3-4-13)20-11-19-15/h5-9,11-13,21H,3-4,10H2,1-2H3,(H,22,23). The molecule has 26 heavy (non-hydrogen) atoms. The van der Waals surface area contributed by atoms with Crippen molar-refractivity contribution in [3.63, 3.8) is 0 Å². The number of aromatic nitrogens is 2. The van der Waals surface area contributed by atoms with E-state index in [0.29, 0.717) is 17.3 Å². The predicted molar refractivity (Wildman–Crippen MR) is 97.9 cm³/mol. The van der Waals surface area contributed by atoms with Gasteiger partial charge < -0.3 is 5.32 Å². The molecule has 0 radical (unpaired) electrons. The van der Waals surface area contributed by atoms with Crippen molar-refractivity contribution in [3.05, 3.63) is 48.0 Å².